The van der Waals surface area contributed by atoms with E-state index in [-0.39, 0.29) is 13.4 Å². The Bertz CT molecular complexity index is 593. The van der Waals surface area contributed by atoms with Gasteiger partial charge in [-0.2, -0.15) is 0 Å². The monoisotopic (exact) mass is 328 g/mol. The van der Waals surface area contributed by atoms with Crippen LogP contribution in [0.5, 0.6) is 0 Å². The zero-order valence-corrected chi connectivity index (χ0v) is 14.9. The predicted octanol–water partition coefficient (Wildman–Crippen LogP) is 4.20. The molecule has 1 aromatic rings. The summed E-state index contributed by atoms with van der Waals surface area (Å²) < 4.78 is 0. The second-order valence-corrected chi connectivity index (χ2v) is 7.43. The van der Waals surface area contributed by atoms with Gasteiger partial charge in [0.2, 0.25) is 5.91 Å². The molecule has 1 fully saturated rings. The second kappa shape index (κ2) is 7.52. The molecule has 0 saturated carbocycles. The van der Waals surface area contributed by atoms with E-state index in [2.05, 4.69) is 41.1 Å². The van der Waals surface area contributed by atoms with Gasteiger partial charge in [0.25, 0.3) is 0 Å². The molecule has 1 saturated heterocycles. The van der Waals surface area contributed by atoms with Crippen molar-refractivity contribution in [2.24, 2.45) is 0 Å². The van der Waals surface area contributed by atoms with Crippen LogP contribution >= 0.6 is 0 Å². The van der Waals surface area contributed by atoms with E-state index in [9.17, 15) is 4.79 Å². The Morgan fingerprint density at radius 1 is 1.38 bits per heavy atom. The molecular formula is C21H32N2O. The summed E-state index contributed by atoms with van der Waals surface area (Å²) in [6.45, 7) is 9.01. The first-order valence-corrected chi connectivity index (χ1v) is 9.34. The number of nitrogens with zero attached hydrogens (tertiary/aromatic N) is 1. The van der Waals surface area contributed by atoms with Crippen molar-refractivity contribution in [2.75, 3.05) is 19.6 Å². The summed E-state index contributed by atoms with van der Waals surface area (Å²) in [7, 11) is 0. The van der Waals surface area contributed by atoms with Crippen LogP contribution in [0.1, 0.15) is 64.0 Å². The minimum Gasteiger partial charge on any atom is -0.350 e. The highest BCUT2D eigenvalue weighted by Gasteiger charge is 2.41. The largest absolute Gasteiger partial charge is 0.350 e. The first-order valence-electron chi connectivity index (χ1n) is 9.34. The van der Waals surface area contributed by atoms with Gasteiger partial charge in [-0.25, -0.2) is 0 Å². The molecule has 0 radical (unpaired) electrons. The number of amides is 1. The number of piperidine rings is 1. The average molecular weight is 329 g/mol. The number of fused-ring (bicyclic) bond motifs is 2. The first-order chi connectivity index (χ1) is 11.6. The molecule has 1 atom stereocenters. The van der Waals surface area contributed by atoms with E-state index in [1.54, 1.807) is 6.92 Å². The van der Waals surface area contributed by atoms with Crippen molar-refractivity contribution in [1.29, 1.82) is 0 Å². The first kappa shape index (κ1) is 17.2. The maximum Gasteiger partial charge on any atom is 0.217 e. The summed E-state index contributed by atoms with van der Waals surface area (Å²) in [5.74, 6) is 0.0720. The third kappa shape index (κ3) is 3.56. The molecule has 1 N–H and O–H groups in total. The summed E-state index contributed by atoms with van der Waals surface area (Å²) in [6, 6.07) is 8.98. The van der Waals surface area contributed by atoms with Crippen LogP contribution in [0.4, 0.5) is 0 Å². The molecule has 0 bridgehead atoms. The number of hydrogen-bond acceptors (Lipinski definition) is 2. The van der Waals surface area contributed by atoms with E-state index in [0.29, 0.717) is 5.41 Å². The molecule has 1 aromatic carbocycles. The summed E-state index contributed by atoms with van der Waals surface area (Å²) in [5, 5.41) is 3.14. The van der Waals surface area contributed by atoms with Gasteiger partial charge in [-0.15, -0.1) is 6.58 Å². The molecule has 1 aliphatic carbocycles. The summed E-state index contributed by atoms with van der Waals surface area (Å²) in [4.78, 5) is 14.1. The smallest absolute Gasteiger partial charge is 0.217 e. The van der Waals surface area contributed by atoms with Gasteiger partial charge in [0.15, 0.2) is 0 Å². The highest BCUT2D eigenvalue weighted by molar-refractivity contribution is 5.73. The van der Waals surface area contributed by atoms with Crippen LogP contribution in [0.3, 0.4) is 0 Å². The van der Waals surface area contributed by atoms with Gasteiger partial charge >= 0.3 is 0 Å². The standard InChI is InChI=1S/C21H30N2O.H2/c1-3-4-7-14-23-15-12-21(13-16-23)11-10-20(22-17(2)24)18-8-5-6-9-19(18)21;/h3,5-6,8-9,20H,1,4,7,10-16H2,2H3,(H,22,24);1H/t20-;/m0./s1. The minimum atomic E-state index is 0. The van der Waals surface area contributed by atoms with Crippen molar-refractivity contribution in [3.63, 3.8) is 0 Å². The molecule has 1 heterocycles. The van der Waals surface area contributed by atoms with E-state index >= 15 is 0 Å². The molecule has 1 amide bonds. The van der Waals surface area contributed by atoms with Gasteiger partial charge < -0.3 is 10.2 Å². The molecule has 3 heteroatoms. The van der Waals surface area contributed by atoms with Gasteiger partial charge in [-0.05, 0) is 74.7 Å². The topological polar surface area (TPSA) is 32.3 Å². The Kier molecular flexibility index (Phi) is 5.40. The maximum absolute atomic E-state index is 11.5. The fourth-order valence-corrected chi connectivity index (χ4v) is 4.57. The van der Waals surface area contributed by atoms with E-state index in [1.807, 2.05) is 6.08 Å². The zero-order valence-electron chi connectivity index (χ0n) is 14.9. The summed E-state index contributed by atoms with van der Waals surface area (Å²) >= 11 is 0. The quantitative estimate of drug-likeness (QED) is 0.649. The molecule has 0 unspecified atom stereocenters. The van der Waals surface area contributed by atoms with E-state index in [1.165, 1.54) is 56.4 Å². The van der Waals surface area contributed by atoms with Gasteiger partial charge in [0.05, 0.1) is 6.04 Å². The Labute approximate surface area is 147 Å². The molecule has 24 heavy (non-hydrogen) atoms. The van der Waals surface area contributed by atoms with E-state index < -0.39 is 0 Å². The van der Waals surface area contributed by atoms with Gasteiger partial charge in [0.1, 0.15) is 0 Å². The summed E-state index contributed by atoms with van der Waals surface area (Å²) in [6.07, 6.45) is 9.09. The lowest BCUT2D eigenvalue weighted by Gasteiger charge is -2.47. The SMILES string of the molecule is C=CCCCN1CCC2(CC[C@H](NC(C)=O)c3ccccc32)CC1.[HH]. The van der Waals surface area contributed by atoms with Crippen LogP contribution in [-0.2, 0) is 10.2 Å². The van der Waals surface area contributed by atoms with Crippen LogP contribution in [0.15, 0.2) is 36.9 Å². The molecule has 1 aliphatic heterocycles. The number of benzene rings is 1. The van der Waals surface area contributed by atoms with Gasteiger partial charge in [0, 0.05) is 8.35 Å². The van der Waals surface area contributed by atoms with Crippen molar-refractivity contribution in [2.45, 2.75) is 56.9 Å². The lowest BCUT2D eigenvalue weighted by Crippen LogP contribution is -2.46. The van der Waals surface area contributed by atoms with Crippen LogP contribution in [0.25, 0.3) is 0 Å². The van der Waals surface area contributed by atoms with Gasteiger partial charge in [-0.1, -0.05) is 30.3 Å². The van der Waals surface area contributed by atoms with Crippen LogP contribution in [0, 0.1) is 0 Å². The molecule has 0 aromatic heterocycles. The highest BCUT2D eigenvalue weighted by Crippen LogP contribution is 2.47. The fraction of sp³-hybridized carbons (Fsp3) is 0.571. The van der Waals surface area contributed by atoms with E-state index in [0.717, 1.165) is 12.8 Å². The summed E-state index contributed by atoms with van der Waals surface area (Å²) in [5.41, 5.74) is 3.15. The minimum absolute atomic E-state index is 0. The van der Waals surface area contributed by atoms with Crippen molar-refractivity contribution in [3.8, 4) is 0 Å². The Morgan fingerprint density at radius 2 is 2.12 bits per heavy atom. The number of allylic oxidation sites excluding steroid dienone is 1. The van der Waals surface area contributed by atoms with Crippen molar-refractivity contribution in [1.82, 2.24) is 10.2 Å². The maximum atomic E-state index is 11.5. The predicted molar refractivity (Wildman–Crippen MR) is 101 cm³/mol. The molecule has 1 spiro atoms. The lowest BCUT2D eigenvalue weighted by molar-refractivity contribution is -0.119. The van der Waals surface area contributed by atoms with Crippen molar-refractivity contribution >= 4 is 5.91 Å². The zero-order chi connectivity index (χ0) is 17.0. The third-order valence-electron chi connectivity index (χ3n) is 5.89. The number of unbranched alkanes of at least 4 members (excludes halogenated alkanes) is 1. The Morgan fingerprint density at radius 3 is 2.83 bits per heavy atom. The number of nitrogens with one attached hydrogen (secondary N) is 1. The normalized spacial score (nSPS) is 22.8. The Balaban J connectivity index is 0.00000225. The number of likely N-dealkylation sites (tertiary alicyclic amines) is 1. The molecular weight excluding hydrogens is 296 g/mol. The van der Waals surface area contributed by atoms with E-state index in [4.69, 9.17) is 0 Å². The number of hydrogen-bond donors (Lipinski definition) is 1. The molecule has 3 rings (SSSR count). The van der Waals surface area contributed by atoms with Crippen LogP contribution in [0.2, 0.25) is 0 Å². The number of carbonyl (C=O) groups is 1. The lowest BCUT2D eigenvalue weighted by atomic mass is 9.63. The molecule has 3 nitrogen and oxygen atoms in total. The third-order valence-corrected chi connectivity index (χ3v) is 5.89. The number of carbonyl (C=O) groups excluding carboxylic acids is 1. The fourth-order valence-electron chi connectivity index (χ4n) is 4.57. The second-order valence-electron chi connectivity index (χ2n) is 7.43. The van der Waals surface area contributed by atoms with Crippen LogP contribution in [-0.4, -0.2) is 30.4 Å². The highest BCUT2D eigenvalue weighted by atomic mass is 16.1. The van der Waals surface area contributed by atoms with Crippen molar-refractivity contribution in [3.05, 3.63) is 48.0 Å². The molecule has 132 valence electrons. The van der Waals surface area contributed by atoms with Crippen LogP contribution < -0.4 is 5.32 Å². The number of rotatable bonds is 5. The van der Waals surface area contributed by atoms with Crippen molar-refractivity contribution < 1.29 is 6.22 Å². The Hall–Kier alpha value is -1.61. The molecule has 2 aliphatic rings. The average Bonchev–Trinajstić information content (AvgIpc) is 2.59. The van der Waals surface area contributed by atoms with Gasteiger partial charge in [-0.3, -0.25) is 4.79 Å².